The average Bonchev–Trinajstić information content (AvgIpc) is 2.62. The topological polar surface area (TPSA) is 60.7 Å². The maximum absolute atomic E-state index is 10.3. The van der Waals surface area contributed by atoms with Gasteiger partial charge in [-0.1, -0.05) is 96.8 Å². The van der Waals surface area contributed by atoms with Crippen LogP contribution in [-0.4, -0.2) is 65.8 Å². The van der Waals surface area contributed by atoms with Gasteiger partial charge in [-0.15, -0.1) is 0 Å². The quantitative estimate of drug-likeness (QED) is 0.198. The van der Waals surface area contributed by atoms with Crippen molar-refractivity contribution in [2.75, 3.05) is 39.9 Å². The number of hydrogen-bond acceptors (Lipinski definition) is 3. The van der Waals surface area contributed by atoms with Gasteiger partial charge in [-0.05, 0) is 6.42 Å². The molecule has 0 aliphatic carbocycles. The lowest BCUT2D eigenvalue weighted by atomic mass is 10.0. The summed E-state index contributed by atoms with van der Waals surface area (Å²) in [5, 5.41) is 28.6. The lowest BCUT2D eigenvalue weighted by Crippen LogP contribution is -2.52. The van der Waals surface area contributed by atoms with Gasteiger partial charge in [-0.25, -0.2) is 0 Å². The molecule has 0 aliphatic heterocycles. The van der Waals surface area contributed by atoms with E-state index in [0.29, 0.717) is 24.1 Å². The van der Waals surface area contributed by atoms with Crippen molar-refractivity contribution in [3.63, 3.8) is 0 Å². The Bertz CT molecular complexity index is 293. The number of hydrogen-bond donors (Lipinski definition) is 3. The Labute approximate surface area is 169 Å². The Hall–Kier alpha value is -0.160. The van der Waals surface area contributed by atoms with Crippen LogP contribution in [0.5, 0.6) is 0 Å². The zero-order valence-corrected chi connectivity index (χ0v) is 18.5. The smallest absolute Gasteiger partial charge is 0.105 e. The van der Waals surface area contributed by atoms with Crippen LogP contribution in [0.3, 0.4) is 0 Å². The van der Waals surface area contributed by atoms with Crippen LogP contribution in [-0.2, 0) is 0 Å². The molecule has 0 radical (unpaired) electrons. The number of aliphatic hydroxyl groups is 3. The Morgan fingerprint density at radius 2 is 1.00 bits per heavy atom. The van der Waals surface area contributed by atoms with Crippen LogP contribution in [0.4, 0.5) is 0 Å². The first-order chi connectivity index (χ1) is 13.1. The van der Waals surface area contributed by atoms with Crippen molar-refractivity contribution in [2.24, 2.45) is 0 Å². The van der Waals surface area contributed by atoms with Crippen LogP contribution in [0.15, 0.2) is 0 Å². The third-order valence-corrected chi connectivity index (χ3v) is 5.82. The van der Waals surface area contributed by atoms with Gasteiger partial charge in [0.15, 0.2) is 0 Å². The van der Waals surface area contributed by atoms with Crippen LogP contribution in [0.25, 0.3) is 0 Å². The highest BCUT2D eigenvalue weighted by atomic mass is 16.3. The molecule has 0 aromatic carbocycles. The summed E-state index contributed by atoms with van der Waals surface area (Å²) < 4.78 is 0.548. The number of quaternary nitrogens is 1. The summed E-state index contributed by atoms with van der Waals surface area (Å²) in [5.74, 6) is 0. The Morgan fingerprint density at radius 3 is 1.37 bits per heavy atom. The van der Waals surface area contributed by atoms with Crippen LogP contribution >= 0.6 is 0 Å². The normalized spacial score (nSPS) is 13.2. The molecule has 0 fully saturated rings. The van der Waals surface area contributed by atoms with Gasteiger partial charge >= 0.3 is 0 Å². The summed E-state index contributed by atoms with van der Waals surface area (Å²) in [4.78, 5) is 0. The van der Waals surface area contributed by atoms with Crippen LogP contribution < -0.4 is 0 Å². The molecule has 0 aliphatic rings. The monoisotopic (exact) mass is 388 g/mol. The number of likely N-dealkylation sites (N-methyl/N-ethyl adjacent to an activating group) is 1. The highest BCUT2D eigenvalue weighted by molar-refractivity contribution is 4.57. The minimum Gasteiger partial charge on any atom is -0.391 e. The molecule has 0 bridgehead atoms. The van der Waals surface area contributed by atoms with Crippen molar-refractivity contribution < 1.29 is 19.8 Å². The van der Waals surface area contributed by atoms with Crippen molar-refractivity contribution in [2.45, 2.75) is 109 Å². The molecule has 0 heterocycles. The minimum atomic E-state index is -0.328. The predicted octanol–water partition coefficient (Wildman–Crippen LogP) is 4.65. The lowest BCUT2D eigenvalue weighted by molar-refractivity contribution is -0.913. The second-order valence-electron chi connectivity index (χ2n) is 8.74. The Kier molecular flexibility index (Phi) is 19.1. The van der Waals surface area contributed by atoms with Gasteiger partial charge in [0.25, 0.3) is 0 Å². The van der Waals surface area contributed by atoms with Gasteiger partial charge in [-0.3, -0.25) is 0 Å². The predicted molar refractivity (Wildman–Crippen MR) is 116 cm³/mol. The Balaban J connectivity index is 3.43. The molecule has 1 atom stereocenters. The number of aliphatic hydroxyl groups excluding tert-OH is 3. The van der Waals surface area contributed by atoms with Gasteiger partial charge in [0, 0.05) is 0 Å². The summed E-state index contributed by atoms with van der Waals surface area (Å²) in [6.07, 6.45) is 19.4. The fraction of sp³-hybridized carbons (Fsp3) is 1.00. The first kappa shape index (κ1) is 26.8. The first-order valence-corrected chi connectivity index (χ1v) is 11.8. The summed E-state index contributed by atoms with van der Waals surface area (Å²) in [5.41, 5.74) is 0. The fourth-order valence-corrected chi connectivity index (χ4v) is 3.95. The molecule has 164 valence electrons. The van der Waals surface area contributed by atoms with Crippen molar-refractivity contribution in [1.82, 2.24) is 0 Å². The molecule has 0 aromatic rings. The molecule has 0 saturated carbocycles. The van der Waals surface area contributed by atoms with E-state index in [0.717, 1.165) is 12.8 Å². The highest BCUT2D eigenvalue weighted by Crippen LogP contribution is 2.14. The maximum Gasteiger partial charge on any atom is 0.105 e. The molecule has 27 heavy (non-hydrogen) atoms. The second kappa shape index (κ2) is 19.2. The van der Waals surface area contributed by atoms with Gasteiger partial charge in [0.2, 0.25) is 0 Å². The third kappa shape index (κ3) is 17.7. The second-order valence-corrected chi connectivity index (χ2v) is 8.74. The van der Waals surface area contributed by atoms with Crippen LogP contribution in [0.2, 0.25) is 0 Å². The zero-order chi connectivity index (χ0) is 20.2. The average molecular weight is 389 g/mol. The molecule has 0 amide bonds. The number of unbranched alkanes of at least 4 members (excludes halogenated alkanes) is 13. The molecule has 4 nitrogen and oxygen atoms in total. The van der Waals surface area contributed by atoms with E-state index in [-0.39, 0.29) is 19.3 Å². The van der Waals surface area contributed by atoms with Gasteiger partial charge in [0.1, 0.15) is 25.7 Å². The summed E-state index contributed by atoms with van der Waals surface area (Å²) in [6.45, 7) is 4.28. The van der Waals surface area contributed by atoms with Gasteiger partial charge in [0.05, 0.1) is 20.3 Å². The van der Waals surface area contributed by atoms with E-state index in [9.17, 15) is 15.3 Å². The molecular weight excluding hydrogens is 338 g/mol. The molecule has 0 rings (SSSR count). The van der Waals surface area contributed by atoms with E-state index in [1.165, 1.54) is 83.5 Å². The molecule has 0 spiro atoms. The van der Waals surface area contributed by atoms with Crippen LogP contribution in [0, 0.1) is 0 Å². The lowest BCUT2D eigenvalue weighted by Gasteiger charge is -2.35. The Morgan fingerprint density at radius 1 is 0.630 bits per heavy atom. The van der Waals surface area contributed by atoms with Gasteiger partial charge < -0.3 is 19.8 Å². The van der Waals surface area contributed by atoms with Crippen molar-refractivity contribution in [3.05, 3.63) is 0 Å². The van der Waals surface area contributed by atoms with E-state index in [2.05, 4.69) is 6.92 Å². The standard InChI is InChI=1S/C23H50NO3/c1-3-4-5-6-7-8-9-10-11-12-13-14-15-16-17-23(27)22-24(2,18-20-25)19-21-26/h23,25-27H,3-22H2,1-2H3/q+1. The van der Waals surface area contributed by atoms with Crippen molar-refractivity contribution >= 4 is 0 Å². The number of rotatable bonds is 21. The molecule has 4 heteroatoms. The molecule has 0 saturated heterocycles. The minimum absolute atomic E-state index is 0.0993. The third-order valence-electron chi connectivity index (χ3n) is 5.82. The first-order valence-electron chi connectivity index (χ1n) is 11.8. The number of nitrogens with zero attached hydrogens (tertiary/aromatic N) is 1. The zero-order valence-electron chi connectivity index (χ0n) is 18.5. The van der Waals surface area contributed by atoms with Gasteiger partial charge in [-0.2, -0.15) is 0 Å². The molecule has 3 N–H and O–H groups in total. The van der Waals surface area contributed by atoms with Crippen molar-refractivity contribution in [1.29, 1.82) is 0 Å². The molecule has 1 unspecified atom stereocenters. The summed E-state index contributed by atoms with van der Waals surface area (Å²) in [7, 11) is 2.00. The van der Waals surface area contributed by atoms with E-state index < -0.39 is 0 Å². The van der Waals surface area contributed by atoms with E-state index in [1.54, 1.807) is 0 Å². The summed E-state index contributed by atoms with van der Waals surface area (Å²) in [6, 6.07) is 0. The largest absolute Gasteiger partial charge is 0.391 e. The van der Waals surface area contributed by atoms with E-state index in [1.807, 2.05) is 7.05 Å². The molecular formula is C23H50NO3+. The maximum atomic E-state index is 10.3. The SMILES string of the molecule is CCCCCCCCCCCCCCCCC(O)C[N+](C)(CCO)CCO. The fourth-order valence-electron chi connectivity index (χ4n) is 3.95. The molecule has 0 aromatic heterocycles. The highest BCUT2D eigenvalue weighted by Gasteiger charge is 2.24. The van der Waals surface area contributed by atoms with Crippen molar-refractivity contribution in [3.8, 4) is 0 Å². The van der Waals surface area contributed by atoms with E-state index in [4.69, 9.17) is 0 Å². The summed E-state index contributed by atoms with van der Waals surface area (Å²) >= 11 is 0. The van der Waals surface area contributed by atoms with E-state index >= 15 is 0 Å². The van der Waals surface area contributed by atoms with Crippen LogP contribution in [0.1, 0.15) is 103 Å².